The van der Waals surface area contributed by atoms with Gasteiger partial charge in [-0.1, -0.05) is 11.6 Å². The summed E-state index contributed by atoms with van der Waals surface area (Å²) in [5.74, 6) is 5.51. The van der Waals surface area contributed by atoms with Gasteiger partial charge in [-0.2, -0.15) is 0 Å². The molecule has 0 unspecified atom stereocenters. The molecule has 5 nitrogen and oxygen atoms in total. The summed E-state index contributed by atoms with van der Waals surface area (Å²) in [6, 6.07) is 3.42. The lowest BCUT2D eigenvalue weighted by atomic mass is 9.82. The highest BCUT2D eigenvalue weighted by molar-refractivity contribution is 6.31. The smallest absolute Gasteiger partial charge is 0.117 e. The molecule has 2 rings (SSSR count). The molecule has 6 N–H and O–H groups in total. The van der Waals surface area contributed by atoms with Gasteiger partial charge in [0.15, 0.2) is 0 Å². The van der Waals surface area contributed by atoms with Crippen LogP contribution in [-0.2, 0) is 10.4 Å². The second-order valence-corrected chi connectivity index (χ2v) is 4.90. The summed E-state index contributed by atoms with van der Waals surface area (Å²) < 4.78 is 0. The number of hydrogen-bond acceptors (Lipinski definition) is 5. The first-order chi connectivity index (χ1) is 8.63. The number of nitrogen functional groups attached to an aromatic ring is 1. The van der Waals surface area contributed by atoms with Gasteiger partial charge in [0.05, 0.1) is 0 Å². The van der Waals surface area contributed by atoms with Gasteiger partial charge in [0.1, 0.15) is 5.60 Å². The number of nitrogens with two attached hydrogens (primary N) is 2. The quantitative estimate of drug-likeness (QED) is 0.378. The molecule has 1 aromatic carbocycles. The monoisotopic (exact) mass is 268 g/mol. The van der Waals surface area contributed by atoms with Crippen molar-refractivity contribution in [3.05, 3.63) is 28.3 Å². The van der Waals surface area contributed by atoms with Crippen molar-refractivity contribution in [3.63, 3.8) is 0 Å². The fourth-order valence-electron chi connectivity index (χ4n) is 2.46. The van der Waals surface area contributed by atoms with Crippen molar-refractivity contribution in [2.75, 3.05) is 18.8 Å². The summed E-state index contributed by atoms with van der Waals surface area (Å²) in [6.07, 6.45) is 2.68. The molecule has 0 amide bonds. The maximum atomic E-state index is 7.52. The Morgan fingerprint density at radius 3 is 2.61 bits per heavy atom. The van der Waals surface area contributed by atoms with E-state index < -0.39 is 5.60 Å². The minimum atomic E-state index is -0.614. The number of rotatable bonds is 3. The van der Waals surface area contributed by atoms with Crippen molar-refractivity contribution in [1.82, 2.24) is 5.32 Å². The molecule has 6 heteroatoms. The number of nitrogens with one attached hydrogen (secondary N) is 2. The van der Waals surface area contributed by atoms with Crippen LogP contribution < -0.4 is 16.9 Å². The molecule has 1 aliphatic heterocycles. The van der Waals surface area contributed by atoms with Gasteiger partial charge >= 0.3 is 0 Å². The van der Waals surface area contributed by atoms with Crippen LogP contribution in [0.5, 0.6) is 0 Å². The highest BCUT2D eigenvalue weighted by atomic mass is 35.5. The van der Waals surface area contributed by atoms with Gasteiger partial charge < -0.3 is 16.5 Å². The molecule has 0 saturated carbocycles. The first-order valence-corrected chi connectivity index (χ1v) is 6.19. The lowest BCUT2D eigenvalue weighted by Gasteiger charge is -2.37. The second kappa shape index (κ2) is 5.24. The molecule has 0 bridgehead atoms. The Labute approximate surface area is 111 Å². The second-order valence-electron chi connectivity index (χ2n) is 4.46. The first-order valence-electron chi connectivity index (χ1n) is 5.81. The zero-order chi connectivity index (χ0) is 13.2. The summed E-state index contributed by atoms with van der Waals surface area (Å²) in [7, 11) is 0. The zero-order valence-electron chi connectivity index (χ0n) is 10.0. The van der Waals surface area contributed by atoms with Gasteiger partial charge in [-0.3, -0.25) is 4.84 Å². The molecule has 0 spiro atoms. The Morgan fingerprint density at radius 2 is 2.06 bits per heavy atom. The highest BCUT2D eigenvalue weighted by Gasteiger charge is 2.37. The highest BCUT2D eigenvalue weighted by Crippen LogP contribution is 2.38. The third-order valence-electron chi connectivity index (χ3n) is 3.45. The van der Waals surface area contributed by atoms with Crippen molar-refractivity contribution < 1.29 is 4.84 Å². The fraction of sp³-hybridized carbons (Fsp3) is 0.417. The maximum absolute atomic E-state index is 7.52. The number of anilines is 1. The molecule has 18 heavy (non-hydrogen) atoms. The average Bonchev–Trinajstić information content (AvgIpc) is 2.38. The predicted octanol–water partition coefficient (Wildman–Crippen LogP) is 1.39. The summed E-state index contributed by atoms with van der Waals surface area (Å²) >= 11 is 6.05. The van der Waals surface area contributed by atoms with Gasteiger partial charge in [-0.15, -0.1) is 0 Å². The Kier molecular flexibility index (Phi) is 3.87. The largest absolute Gasteiger partial charge is 0.398 e. The van der Waals surface area contributed by atoms with E-state index in [-0.39, 0.29) is 0 Å². The summed E-state index contributed by atoms with van der Waals surface area (Å²) in [4.78, 5) is 5.26. The van der Waals surface area contributed by atoms with Crippen LogP contribution in [0.4, 0.5) is 5.69 Å². The van der Waals surface area contributed by atoms with Crippen molar-refractivity contribution in [1.29, 1.82) is 5.41 Å². The van der Waals surface area contributed by atoms with Crippen LogP contribution in [-0.4, -0.2) is 19.3 Å². The lowest BCUT2D eigenvalue weighted by Crippen LogP contribution is -2.44. The third kappa shape index (κ3) is 2.22. The number of piperidine rings is 1. The fourth-order valence-corrected chi connectivity index (χ4v) is 2.69. The minimum Gasteiger partial charge on any atom is -0.398 e. The summed E-state index contributed by atoms with van der Waals surface area (Å²) in [5.41, 5.74) is 7.19. The number of halogens is 1. The normalized spacial score (nSPS) is 18.6. The van der Waals surface area contributed by atoms with Crippen LogP contribution in [0, 0.1) is 5.41 Å². The molecule has 0 aliphatic carbocycles. The van der Waals surface area contributed by atoms with Crippen LogP contribution in [0.25, 0.3) is 0 Å². The molecule has 0 radical (unpaired) electrons. The lowest BCUT2D eigenvalue weighted by molar-refractivity contribution is -0.0741. The van der Waals surface area contributed by atoms with Gasteiger partial charge in [-0.25, -0.2) is 5.90 Å². The molecular weight excluding hydrogens is 252 g/mol. The van der Waals surface area contributed by atoms with Crippen molar-refractivity contribution in [2.45, 2.75) is 18.4 Å². The van der Waals surface area contributed by atoms with E-state index in [0.29, 0.717) is 16.3 Å². The van der Waals surface area contributed by atoms with Crippen LogP contribution in [0.15, 0.2) is 12.1 Å². The number of benzene rings is 1. The molecule has 0 atom stereocenters. The summed E-state index contributed by atoms with van der Waals surface area (Å²) in [5, 5.41) is 11.3. The topological polar surface area (TPSA) is 97.2 Å². The molecule has 1 saturated heterocycles. The molecule has 1 heterocycles. The SMILES string of the molecule is N=Cc1c(N)cc(Cl)cc1C1(ON)CCNCC1. The molecule has 0 aromatic heterocycles. The number of hydrogen-bond donors (Lipinski definition) is 4. The molecule has 98 valence electrons. The van der Waals surface area contributed by atoms with Crippen molar-refractivity contribution in [3.8, 4) is 0 Å². The van der Waals surface area contributed by atoms with E-state index in [9.17, 15) is 0 Å². The van der Waals surface area contributed by atoms with E-state index in [4.69, 9.17) is 33.5 Å². The van der Waals surface area contributed by atoms with Crippen LogP contribution in [0.2, 0.25) is 5.02 Å². The zero-order valence-corrected chi connectivity index (χ0v) is 10.8. The van der Waals surface area contributed by atoms with Gasteiger partial charge in [0.2, 0.25) is 0 Å². The molecule has 1 aromatic rings. The Morgan fingerprint density at radius 1 is 1.39 bits per heavy atom. The van der Waals surface area contributed by atoms with Crippen molar-refractivity contribution >= 4 is 23.5 Å². The molecular formula is C12H17ClN4O. The standard InChI is InChI=1S/C12H17ClN4O/c13-8-5-10(9(7-14)11(15)6-8)12(18-16)1-3-17-4-2-12/h5-7,14,17H,1-4,15-16H2. The molecule has 1 fully saturated rings. The van der Waals surface area contributed by atoms with E-state index in [1.807, 2.05) is 0 Å². The van der Waals surface area contributed by atoms with Crippen molar-refractivity contribution in [2.24, 2.45) is 5.90 Å². The Hall–Kier alpha value is -1.14. The maximum Gasteiger partial charge on any atom is 0.117 e. The average molecular weight is 269 g/mol. The molecule has 1 aliphatic rings. The van der Waals surface area contributed by atoms with Gasteiger partial charge in [-0.05, 0) is 43.6 Å². The van der Waals surface area contributed by atoms with E-state index in [1.165, 1.54) is 6.21 Å². The van der Waals surface area contributed by atoms with E-state index in [1.54, 1.807) is 12.1 Å². The van der Waals surface area contributed by atoms with E-state index in [2.05, 4.69) is 5.32 Å². The third-order valence-corrected chi connectivity index (χ3v) is 3.67. The van der Waals surface area contributed by atoms with Crippen LogP contribution in [0.1, 0.15) is 24.0 Å². The van der Waals surface area contributed by atoms with Gasteiger partial charge in [0, 0.05) is 22.5 Å². The Bertz CT molecular complexity index is 458. The predicted molar refractivity (Wildman–Crippen MR) is 72.8 cm³/mol. The van der Waals surface area contributed by atoms with Crippen LogP contribution >= 0.6 is 11.6 Å². The Balaban J connectivity index is 2.56. The first kappa shape index (κ1) is 13.3. The van der Waals surface area contributed by atoms with E-state index in [0.717, 1.165) is 31.5 Å². The van der Waals surface area contributed by atoms with Crippen LogP contribution in [0.3, 0.4) is 0 Å². The van der Waals surface area contributed by atoms with E-state index >= 15 is 0 Å². The minimum absolute atomic E-state index is 0.474. The summed E-state index contributed by atoms with van der Waals surface area (Å²) in [6.45, 7) is 1.61. The van der Waals surface area contributed by atoms with Gasteiger partial charge in [0.25, 0.3) is 0 Å².